The van der Waals surface area contributed by atoms with Gasteiger partial charge in [0.1, 0.15) is 4.83 Å². The fourth-order valence-electron chi connectivity index (χ4n) is 5.07. The van der Waals surface area contributed by atoms with Crippen molar-refractivity contribution in [2.75, 3.05) is 13.1 Å². The summed E-state index contributed by atoms with van der Waals surface area (Å²) in [5, 5.41) is 0.729. The third-order valence-corrected chi connectivity index (χ3v) is 9.91. The second-order valence-electron chi connectivity index (χ2n) is 10.2. The van der Waals surface area contributed by atoms with E-state index in [0.717, 1.165) is 40.1 Å². The van der Waals surface area contributed by atoms with Crippen molar-refractivity contribution in [1.82, 2.24) is 14.5 Å². The second kappa shape index (κ2) is 11.0. The topological polar surface area (TPSA) is 98.3 Å². The molecule has 2 N–H and O–H groups in total. The minimum Gasteiger partial charge on any atom is -0.369 e. The van der Waals surface area contributed by atoms with Crippen molar-refractivity contribution in [2.24, 2.45) is 17.6 Å². The number of piperidine rings is 1. The second-order valence-corrected chi connectivity index (χ2v) is 12.5. The maximum absolute atomic E-state index is 14.1. The van der Waals surface area contributed by atoms with E-state index >= 15 is 0 Å². The molecule has 0 radical (unpaired) electrons. The summed E-state index contributed by atoms with van der Waals surface area (Å²) in [6.45, 7) is 13.1. The molecule has 7 nitrogen and oxygen atoms in total. The van der Waals surface area contributed by atoms with Crippen LogP contribution in [0.15, 0.2) is 28.2 Å². The van der Waals surface area contributed by atoms with Crippen LogP contribution in [0.3, 0.4) is 0 Å². The molecule has 1 aromatic carbocycles. The van der Waals surface area contributed by atoms with Crippen molar-refractivity contribution >= 4 is 45.1 Å². The molecule has 2 amide bonds. The number of aryl methyl sites for hydroxylation is 3. The number of nitrogens with two attached hydrogens (primary N) is 1. The van der Waals surface area contributed by atoms with Crippen LogP contribution < -0.4 is 11.3 Å². The number of nitrogens with zero attached hydrogens (tertiary/aromatic N) is 3. The van der Waals surface area contributed by atoms with E-state index in [2.05, 4.69) is 6.92 Å². The third kappa shape index (κ3) is 5.21. The Morgan fingerprint density at radius 1 is 1.24 bits per heavy atom. The number of rotatable bonds is 7. The first-order chi connectivity index (χ1) is 17.5. The van der Waals surface area contributed by atoms with E-state index in [1.165, 1.54) is 23.1 Å². The maximum atomic E-state index is 14.1. The molecule has 0 bridgehead atoms. The van der Waals surface area contributed by atoms with Crippen molar-refractivity contribution < 1.29 is 9.59 Å². The van der Waals surface area contributed by atoms with E-state index in [-0.39, 0.29) is 29.2 Å². The Labute approximate surface area is 226 Å². The number of benzene rings is 1. The van der Waals surface area contributed by atoms with Crippen molar-refractivity contribution in [1.29, 1.82) is 0 Å². The zero-order chi connectivity index (χ0) is 27.0. The van der Waals surface area contributed by atoms with Gasteiger partial charge in [0.25, 0.3) is 5.56 Å². The van der Waals surface area contributed by atoms with E-state index in [1.807, 2.05) is 52.8 Å². The maximum Gasteiger partial charge on any atom is 0.267 e. The van der Waals surface area contributed by atoms with Gasteiger partial charge in [-0.05, 0) is 68.7 Å². The molecular weight excluding hydrogens is 504 g/mol. The number of thioether (sulfide) groups is 1. The van der Waals surface area contributed by atoms with Gasteiger partial charge in [0, 0.05) is 18.0 Å². The Morgan fingerprint density at radius 3 is 2.62 bits per heavy atom. The number of likely N-dealkylation sites (tertiary alicyclic amines) is 1. The molecule has 1 aliphatic heterocycles. The summed E-state index contributed by atoms with van der Waals surface area (Å²) in [7, 11) is 0. The molecule has 0 spiro atoms. The van der Waals surface area contributed by atoms with Crippen LogP contribution in [0.5, 0.6) is 0 Å². The fraction of sp³-hybridized carbons (Fsp3) is 0.500. The van der Waals surface area contributed by atoms with Crippen LogP contribution in [0.1, 0.15) is 55.2 Å². The summed E-state index contributed by atoms with van der Waals surface area (Å²) in [5.41, 5.74) is 9.38. The molecule has 2 aromatic heterocycles. The standard InChI is InChI=1S/C28H36N4O3S2/c1-7-20-18(6)36-25-22(20)26(34)32(21-12-8-10-16(4)17(21)5)28(30-25)37-23(15(2)3)27(35)31-13-9-11-19(14-31)24(29)33/h8,10,12,15,19,23H,7,9,11,13-14H2,1-6H3,(H2,29,33). The Hall–Kier alpha value is -2.65. The first kappa shape index (κ1) is 27.4. The zero-order valence-electron chi connectivity index (χ0n) is 22.5. The number of aromatic nitrogens is 2. The van der Waals surface area contributed by atoms with E-state index in [4.69, 9.17) is 10.7 Å². The number of hydrogen-bond acceptors (Lipinski definition) is 6. The number of carbonyl (C=O) groups is 2. The molecule has 9 heteroatoms. The van der Waals surface area contributed by atoms with E-state index < -0.39 is 5.25 Å². The Kier molecular flexibility index (Phi) is 8.14. The lowest BCUT2D eigenvalue weighted by Gasteiger charge is -2.34. The van der Waals surface area contributed by atoms with Crippen molar-refractivity contribution in [3.63, 3.8) is 0 Å². The highest BCUT2D eigenvalue weighted by atomic mass is 32.2. The van der Waals surface area contributed by atoms with Crippen molar-refractivity contribution in [3.05, 3.63) is 50.1 Å². The van der Waals surface area contributed by atoms with Crippen LogP contribution in [0.2, 0.25) is 0 Å². The Morgan fingerprint density at radius 2 is 1.97 bits per heavy atom. The lowest BCUT2D eigenvalue weighted by molar-refractivity contribution is -0.135. The van der Waals surface area contributed by atoms with Gasteiger partial charge < -0.3 is 10.6 Å². The minimum atomic E-state index is -0.459. The number of amides is 2. The van der Waals surface area contributed by atoms with Crippen LogP contribution in [0.4, 0.5) is 0 Å². The van der Waals surface area contributed by atoms with E-state index in [0.29, 0.717) is 34.9 Å². The molecule has 3 heterocycles. The summed E-state index contributed by atoms with van der Waals surface area (Å²) >= 11 is 2.88. The van der Waals surface area contributed by atoms with Gasteiger partial charge in [-0.15, -0.1) is 11.3 Å². The van der Waals surface area contributed by atoms with Gasteiger partial charge in [-0.3, -0.25) is 19.0 Å². The van der Waals surface area contributed by atoms with E-state index in [1.54, 1.807) is 9.47 Å². The predicted molar refractivity (Wildman–Crippen MR) is 152 cm³/mol. The van der Waals surface area contributed by atoms with Crippen molar-refractivity contribution in [3.8, 4) is 5.69 Å². The largest absolute Gasteiger partial charge is 0.369 e. The molecular formula is C28H36N4O3S2. The molecule has 2 unspecified atom stereocenters. The molecule has 0 saturated carbocycles. The SMILES string of the molecule is CCc1c(C)sc2nc(SC(C(=O)N3CCCC(C(N)=O)C3)C(C)C)n(-c3cccc(C)c3C)c(=O)c12. The quantitative estimate of drug-likeness (QED) is 0.344. The Bertz CT molecular complexity index is 1410. The van der Waals surface area contributed by atoms with E-state index in [9.17, 15) is 14.4 Å². The fourth-order valence-corrected chi connectivity index (χ4v) is 7.41. The number of primary amides is 1. The lowest BCUT2D eigenvalue weighted by atomic mass is 9.96. The van der Waals surface area contributed by atoms with Crippen LogP contribution in [-0.4, -0.2) is 44.6 Å². The number of thiophene rings is 1. The highest BCUT2D eigenvalue weighted by molar-refractivity contribution is 8.00. The van der Waals surface area contributed by atoms with Crippen LogP contribution in [0, 0.1) is 32.6 Å². The van der Waals surface area contributed by atoms with Crippen LogP contribution in [-0.2, 0) is 16.0 Å². The van der Waals surface area contributed by atoms with Crippen LogP contribution >= 0.6 is 23.1 Å². The monoisotopic (exact) mass is 540 g/mol. The predicted octanol–water partition coefficient (Wildman–Crippen LogP) is 4.78. The van der Waals surface area contributed by atoms with Gasteiger partial charge in [0.05, 0.1) is 22.2 Å². The normalized spacial score (nSPS) is 16.9. The number of carbonyl (C=O) groups excluding carboxylic acids is 2. The van der Waals surface area contributed by atoms with Gasteiger partial charge >= 0.3 is 0 Å². The molecule has 1 fully saturated rings. The average Bonchev–Trinajstić information content (AvgIpc) is 3.19. The summed E-state index contributed by atoms with van der Waals surface area (Å²) in [4.78, 5) is 48.3. The van der Waals surface area contributed by atoms with Crippen LogP contribution in [0.25, 0.3) is 15.9 Å². The van der Waals surface area contributed by atoms with Gasteiger partial charge in [-0.1, -0.05) is 44.7 Å². The third-order valence-electron chi connectivity index (χ3n) is 7.38. The van der Waals surface area contributed by atoms with Gasteiger partial charge in [0.2, 0.25) is 11.8 Å². The summed E-state index contributed by atoms with van der Waals surface area (Å²) in [6, 6.07) is 5.92. The summed E-state index contributed by atoms with van der Waals surface area (Å²) in [5.74, 6) is -0.728. The molecule has 4 rings (SSSR count). The van der Waals surface area contributed by atoms with Gasteiger partial charge in [0.15, 0.2) is 5.16 Å². The zero-order valence-corrected chi connectivity index (χ0v) is 24.1. The summed E-state index contributed by atoms with van der Waals surface area (Å²) in [6.07, 6.45) is 2.21. The number of hydrogen-bond donors (Lipinski definition) is 1. The highest BCUT2D eigenvalue weighted by Crippen LogP contribution is 2.35. The first-order valence-corrected chi connectivity index (χ1v) is 14.6. The molecule has 1 saturated heterocycles. The van der Waals surface area contributed by atoms with Gasteiger partial charge in [-0.2, -0.15) is 0 Å². The van der Waals surface area contributed by atoms with Crippen molar-refractivity contribution in [2.45, 2.75) is 71.2 Å². The Balaban J connectivity index is 1.85. The first-order valence-electron chi connectivity index (χ1n) is 12.9. The molecule has 1 aliphatic rings. The molecule has 0 aliphatic carbocycles. The number of fused-ring (bicyclic) bond motifs is 1. The molecule has 198 valence electrons. The summed E-state index contributed by atoms with van der Waals surface area (Å²) < 4.78 is 1.70. The molecule has 37 heavy (non-hydrogen) atoms. The lowest BCUT2D eigenvalue weighted by Crippen LogP contribution is -2.48. The molecule has 3 aromatic rings. The minimum absolute atomic E-state index is 0.0117. The smallest absolute Gasteiger partial charge is 0.267 e. The average molecular weight is 541 g/mol. The molecule has 2 atom stereocenters. The highest BCUT2D eigenvalue weighted by Gasteiger charge is 2.34. The van der Waals surface area contributed by atoms with Gasteiger partial charge in [-0.25, -0.2) is 4.98 Å².